The molecule has 1 saturated heterocycles. The van der Waals surface area contributed by atoms with Gasteiger partial charge in [0.05, 0.1) is 15.9 Å². The van der Waals surface area contributed by atoms with E-state index in [4.69, 9.17) is 4.99 Å². The number of rotatable bonds is 4. The van der Waals surface area contributed by atoms with Crippen LogP contribution in [0.3, 0.4) is 0 Å². The van der Waals surface area contributed by atoms with Crippen molar-refractivity contribution in [1.29, 1.82) is 0 Å². The molecular formula is C28H22N2O2S. The van der Waals surface area contributed by atoms with Crippen molar-refractivity contribution in [2.24, 2.45) is 10.9 Å². The van der Waals surface area contributed by atoms with Gasteiger partial charge in [-0.2, -0.15) is 0 Å². The van der Waals surface area contributed by atoms with Crippen molar-refractivity contribution in [3.8, 4) is 0 Å². The summed E-state index contributed by atoms with van der Waals surface area (Å²) < 4.78 is 0. The molecule has 4 nitrogen and oxygen atoms in total. The van der Waals surface area contributed by atoms with Crippen LogP contribution in [0.1, 0.15) is 24.0 Å². The Bertz CT molecular complexity index is 1300. The molecule has 2 atom stereocenters. The van der Waals surface area contributed by atoms with Crippen molar-refractivity contribution < 1.29 is 9.59 Å². The lowest BCUT2D eigenvalue weighted by Gasteiger charge is -2.29. The van der Waals surface area contributed by atoms with Gasteiger partial charge in [0.1, 0.15) is 0 Å². The highest BCUT2D eigenvalue weighted by atomic mass is 32.2. The van der Waals surface area contributed by atoms with Gasteiger partial charge >= 0.3 is 0 Å². The first-order valence-electron chi connectivity index (χ1n) is 10.8. The largest absolute Gasteiger partial charge is 0.322 e. The van der Waals surface area contributed by atoms with Crippen LogP contribution in [0.15, 0.2) is 112 Å². The molecule has 0 spiro atoms. The molecule has 0 bridgehead atoms. The van der Waals surface area contributed by atoms with Crippen LogP contribution in [0.25, 0.3) is 6.08 Å². The van der Waals surface area contributed by atoms with Gasteiger partial charge in [0, 0.05) is 22.9 Å². The standard InChI is InChI=1S/C28H22N2O2S/c1-18-23(27(32)30-21-15-9-4-10-16-21)24(20-13-7-3-8-14-20)25-26(31)22(33-28(25)29-18)17-19-11-5-2-6-12-19/h2-17,24-25H,1H3,(H,30,32)/b22-17-. The molecule has 2 heterocycles. The summed E-state index contributed by atoms with van der Waals surface area (Å²) in [6, 6.07) is 28.9. The average molecular weight is 451 g/mol. The zero-order chi connectivity index (χ0) is 22.8. The Labute approximate surface area is 197 Å². The summed E-state index contributed by atoms with van der Waals surface area (Å²) in [5.41, 5.74) is 3.79. The molecule has 5 heteroatoms. The molecule has 5 rings (SSSR count). The molecule has 3 aromatic rings. The summed E-state index contributed by atoms with van der Waals surface area (Å²) >= 11 is 1.41. The van der Waals surface area contributed by atoms with Crippen molar-refractivity contribution in [2.45, 2.75) is 12.8 Å². The van der Waals surface area contributed by atoms with E-state index in [9.17, 15) is 9.59 Å². The van der Waals surface area contributed by atoms with E-state index in [1.807, 2.05) is 104 Å². The highest BCUT2D eigenvalue weighted by Crippen LogP contribution is 2.49. The number of hydrogen-bond acceptors (Lipinski definition) is 4. The molecule has 1 fully saturated rings. The number of fused-ring (bicyclic) bond motifs is 1. The maximum absolute atomic E-state index is 13.6. The SMILES string of the molecule is CC1=C(C(=O)Nc2ccccc2)C(c2ccccc2)C2C(=O)/C(=C/c3ccccc3)SC2=N1. The second-order valence-electron chi connectivity index (χ2n) is 8.02. The number of anilines is 1. The number of carbonyl (C=O) groups excluding carboxylic acids is 2. The van der Waals surface area contributed by atoms with Crippen LogP contribution >= 0.6 is 11.8 Å². The number of para-hydroxylation sites is 1. The van der Waals surface area contributed by atoms with Gasteiger partial charge in [0.25, 0.3) is 5.91 Å². The van der Waals surface area contributed by atoms with Gasteiger partial charge in [0.15, 0.2) is 5.78 Å². The van der Waals surface area contributed by atoms with Crippen LogP contribution in [0.5, 0.6) is 0 Å². The van der Waals surface area contributed by atoms with Gasteiger partial charge in [-0.1, -0.05) is 90.6 Å². The van der Waals surface area contributed by atoms with Gasteiger partial charge in [-0.3, -0.25) is 9.59 Å². The van der Waals surface area contributed by atoms with Crippen LogP contribution in [-0.4, -0.2) is 16.7 Å². The molecule has 2 aliphatic heterocycles. The molecule has 1 amide bonds. The number of allylic oxidation sites excluding steroid dienone is 2. The van der Waals surface area contributed by atoms with E-state index < -0.39 is 11.8 Å². The van der Waals surface area contributed by atoms with Gasteiger partial charge in [-0.25, -0.2) is 4.99 Å². The zero-order valence-electron chi connectivity index (χ0n) is 18.1. The Morgan fingerprint density at radius 1 is 0.879 bits per heavy atom. The Kier molecular flexibility index (Phi) is 5.80. The van der Waals surface area contributed by atoms with Crippen LogP contribution < -0.4 is 5.32 Å². The normalized spacial score (nSPS) is 21.1. The number of nitrogens with one attached hydrogen (secondary N) is 1. The Balaban J connectivity index is 1.56. The monoisotopic (exact) mass is 450 g/mol. The van der Waals surface area contributed by atoms with Crippen LogP contribution in [0.4, 0.5) is 5.69 Å². The minimum Gasteiger partial charge on any atom is -0.322 e. The third kappa shape index (κ3) is 4.20. The van der Waals surface area contributed by atoms with E-state index in [-0.39, 0.29) is 11.7 Å². The fourth-order valence-electron chi connectivity index (χ4n) is 4.34. The summed E-state index contributed by atoms with van der Waals surface area (Å²) in [6.45, 7) is 1.85. The van der Waals surface area contributed by atoms with E-state index in [0.29, 0.717) is 21.9 Å². The minimum atomic E-state index is -0.507. The Morgan fingerprint density at radius 3 is 2.15 bits per heavy atom. The highest BCUT2D eigenvalue weighted by Gasteiger charge is 2.47. The molecular weight excluding hydrogens is 428 g/mol. The van der Waals surface area contributed by atoms with E-state index in [1.54, 1.807) is 0 Å². The summed E-state index contributed by atoms with van der Waals surface area (Å²) in [6.07, 6.45) is 1.91. The fourth-order valence-corrected chi connectivity index (χ4v) is 5.54. The van der Waals surface area contributed by atoms with Crippen LogP contribution in [0, 0.1) is 5.92 Å². The number of thioether (sulfide) groups is 1. The summed E-state index contributed by atoms with van der Waals surface area (Å²) in [5, 5.41) is 3.74. The third-order valence-electron chi connectivity index (χ3n) is 5.85. The number of hydrogen-bond donors (Lipinski definition) is 1. The second-order valence-corrected chi connectivity index (χ2v) is 9.08. The fraction of sp³-hybridized carbons (Fsp3) is 0.107. The molecule has 0 aromatic heterocycles. The minimum absolute atomic E-state index is 0.00830. The molecule has 2 aliphatic rings. The Morgan fingerprint density at radius 2 is 1.48 bits per heavy atom. The lowest BCUT2D eigenvalue weighted by atomic mass is 9.76. The predicted molar refractivity (Wildman–Crippen MR) is 135 cm³/mol. The van der Waals surface area contributed by atoms with Crippen molar-refractivity contribution in [1.82, 2.24) is 0 Å². The summed E-state index contributed by atoms with van der Waals surface area (Å²) in [7, 11) is 0. The number of ketones is 1. The number of aliphatic imine (C=N–C) groups is 1. The number of benzene rings is 3. The van der Waals surface area contributed by atoms with Gasteiger partial charge < -0.3 is 5.32 Å². The summed E-state index contributed by atoms with van der Waals surface area (Å²) in [5.74, 6) is -1.13. The average Bonchev–Trinajstić information content (AvgIpc) is 3.14. The quantitative estimate of drug-likeness (QED) is 0.491. The van der Waals surface area contributed by atoms with E-state index in [0.717, 1.165) is 16.2 Å². The molecule has 33 heavy (non-hydrogen) atoms. The second kappa shape index (κ2) is 9.04. The third-order valence-corrected chi connectivity index (χ3v) is 6.94. The first kappa shape index (κ1) is 21.2. The zero-order valence-corrected chi connectivity index (χ0v) is 18.9. The molecule has 1 N–H and O–H groups in total. The molecule has 3 aromatic carbocycles. The number of nitrogens with zero attached hydrogens (tertiary/aromatic N) is 1. The number of carbonyl (C=O) groups is 2. The number of amides is 1. The smallest absolute Gasteiger partial charge is 0.254 e. The lowest BCUT2D eigenvalue weighted by molar-refractivity contribution is -0.117. The van der Waals surface area contributed by atoms with Crippen molar-refractivity contribution >= 4 is 40.3 Å². The maximum atomic E-state index is 13.6. The van der Waals surface area contributed by atoms with Gasteiger partial charge in [-0.05, 0) is 36.3 Å². The van der Waals surface area contributed by atoms with E-state index in [1.165, 1.54) is 11.8 Å². The summed E-state index contributed by atoms with van der Waals surface area (Å²) in [4.78, 5) is 32.5. The number of Topliss-reactive ketones (excluding diaryl/α,β-unsaturated/α-hetero) is 1. The van der Waals surface area contributed by atoms with Crippen molar-refractivity contribution in [3.05, 3.63) is 118 Å². The lowest BCUT2D eigenvalue weighted by Crippen LogP contribution is -2.33. The van der Waals surface area contributed by atoms with Crippen LogP contribution in [-0.2, 0) is 9.59 Å². The maximum Gasteiger partial charge on any atom is 0.254 e. The molecule has 0 radical (unpaired) electrons. The van der Waals surface area contributed by atoms with Crippen molar-refractivity contribution in [3.63, 3.8) is 0 Å². The van der Waals surface area contributed by atoms with Gasteiger partial charge in [0.2, 0.25) is 0 Å². The molecule has 0 aliphatic carbocycles. The molecule has 162 valence electrons. The van der Waals surface area contributed by atoms with Crippen molar-refractivity contribution in [2.75, 3.05) is 5.32 Å². The van der Waals surface area contributed by atoms with E-state index >= 15 is 0 Å². The Hall–Kier alpha value is -3.70. The highest BCUT2D eigenvalue weighted by molar-refractivity contribution is 8.19. The molecule has 0 saturated carbocycles. The topological polar surface area (TPSA) is 58.5 Å². The molecule has 2 unspecified atom stereocenters. The van der Waals surface area contributed by atoms with E-state index in [2.05, 4.69) is 5.32 Å². The first-order chi connectivity index (χ1) is 16.1. The predicted octanol–water partition coefficient (Wildman–Crippen LogP) is 6.07. The van der Waals surface area contributed by atoms with Crippen LogP contribution in [0.2, 0.25) is 0 Å². The van der Waals surface area contributed by atoms with Gasteiger partial charge in [-0.15, -0.1) is 0 Å². The first-order valence-corrected chi connectivity index (χ1v) is 11.6.